The number of carbonyl (C=O) groups is 2. The Bertz CT molecular complexity index is 589. The molecule has 0 heterocycles. The second kappa shape index (κ2) is 7.13. The summed E-state index contributed by atoms with van der Waals surface area (Å²) >= 11 is 0. The standard InChI is InChI=1S/C18H25NO4/c1-12-4-5-13(2)14(10-12)11-16(20)19-18(17(21)22)8-6-15(23-3)7-9-18/h4-5,10,15H,6-9,11H2,1-3H3,(H,19,20)(H,21,22)/t15-,18+. The number of hydrogen-bond donors (Lipinski definition) is 2. The molecule has 1 aliphatic carbocycles. The summed E-state index contributed by atoms with van der Waals surface area (Å²) in [5.74, 6) is -1.20. The molecule has 2 N–H and O–H groups in total. The molecule has 23 heavy (non-hydrogen) atoms. The van der Waals surface area contributed by atoms with Crippen molar-refractivity contribution in [3.05, 3.63) is 34.9 Å². The minimum absolute atomic E-state index is 0.0818. The SMILES string of the molecule is CO[C@H]1CC[C@](NC(=O)Cc2cc(C)ccc2C)(C(=O)O)CC1. The first-order valence-electron chi connectivity index (χ1n) is 7.99. The fraction of sp³-hybridized carbons (Fsp3) is 0.556. The van der Waals surface area contributed by atoms with E-state index in [1.54, 1.807) is 7.11 Å². The number of aryl methyl sites for hydroxylation is 2. The van der Waals surface area contributed by atoms with Crippen LogP contribution < -0.4 is 5.32 Å². The molecule has 0 saturated heterocycles. The molecule has 1 fully saturated rings. The molecule has 2 rings (SSSR count). The zero-order valence-corrected chi connectivity index (χ0v) is 14.0. The molecule has 0 bridgehead atoms. The molecular formula is C18H25NO4. The Kier molecular flexibility index (Phi) is 5.42. The van der Waals surface area contributed by atoms with E-state index in [1.807, 2.05) is 32.0 Å². The molecule has 5 nitrogen and oxygen atoms in total. The van der Waals surface area contributed by atoms with Crippen LogP contribution >= 0.6 is 0 Å². The number of methoxy groups -OCH3 is 1. The van der Waals surface area contributed by atoms with Crippen LogP contribution in [-0.4, -0.2) is 35.7 Å². The first kappa shape index (κ1) is 17.5. The number of hydrogen-bond acceptors (Lipinski definition) is 3. The number of carbonyl (C=O) groups excluding carboxylic acids is 1. The van der Waals surface area contributed by atoms with Crippen LogP contribution in [0, 0.1) is 13.8 Å². The van der Waals surface area contributed by atoms with E-state index in [0.29, 0.717) is 25.7 Å². The van der Waals surface area contributed by atoms with Crippen LogP contribution in [0.25, 0.3) is 0 Å². The summed E-state index contributed by atoms with van der Waals surface area (Å²) in [5.41, 5.74) is 1.91. The van der Waals surface area contributed by atoms with E-state index in [9.17, 15) is 14.7 Å². The number of aliphatic carboxylic acids is 1. The average Bonchev–Trinajstić information content (AvgIpc) is 2.51. The predicted molar refractivity (Wildman–Crippen MR) is 87.4 cm³/mol. The summed E-state index contributed by atoms with van der Waals surface area (Å²) in [5, 5.41) is 12.4. The highest BCUT2D eigenvalue weighted by Crippen LogP contribution is 2.30. The van der Waals surface area contributed by atoms with Gasteiger partial charge in [0.2, 0.25) is 5.91 Å². The van der Waals surface area contributed by atoms with Crippen LogP contribution in [0.15, 0.2) is 18.2 Å². The van der Waals surface area contributed by atoms with E-state index in [1.165, 1.54) is 0 Å². The first-order chi connectivity index (χ1) is 10.9. The number of amides is 1. The molecular weight excluding hydrogens is 294 g/mol. The highest BCUT2D eigenvalue weighted by molar-refractivity contribution is 5.88. The molecule has 126 valence electrons. The Balaban J connectivity index is 2.07. The number of rotatable bonds is 5. The van der Waals surface area contributed by atoms with Gasteiger partial charge in [0.05, 0.1) is 12.5 Å². The highest BCUT2D eigenvalue weighted by atomic mass is 16.5. The summed E-state index contributed by atoms with van der Waals surface area (Å²) < 4.78 is 5.29. The van der Waals surface area contributed by atoms with Gasteiger partial charge in [-0.05, 0) is 50.7 Å². The molecule has 1 amide bonds. The van der Waals surface area contributed by atoms with Crippen molar-refractivity contribution in [2.45, 2.75) is 57.6 Å². The van der Waals surface area contributed by atoms with E-state index in [-0.39, 0.29) is 18.4 Å². The third-order valence-electron chi connectivity index (χ3n) is 4.76. The zero-order chi connectivity index (χ0) is 17.0. The lowest BCUT2D eigenvalue weighted by molar-refractivity contribution is -0.150. The van der Waals surface area contributed by atoms with Crippen molar-refractivity contribution in [3.8, 4) is 0 Å². The van der Waals surface area contributed by atoms with Crippen LogP contribution in [0.4, 0.5) is 0 Å². The third-order valence-corrected chi connectivity index (χ3v) is 4.76. The van der Waals surface area contributed by atoms with Gasteiger partial charge in [-0.25, -0.2) is 4.79 Å². The molecule has 1 aromatic carbocycles. The maximum absolute atomic E-state index is 12.4. The second-order valence-electron chi connectivity index (χ2n) is 6.48. The summed E-state index contributed by atoms with van der Waals surface area (Å²) in [6.45, 7) is 3.93. The van der Waals surface area contributed by atoms with Crippen molar-refractivity contribution in [2.24, 2.45) is 0 Å². The smallest absolute Gasteiger partial charge is 0.329 e. The lowest BCUT2D eigenvalue weighted by Crippen LogP contribution is -2.57. The molecule has 0 aromatic heterocycles. The largest absolute Gasteiger partial charge is 0.480 e. The Morgan fingerprint density at radius 3 is 2.52 bits per heavy atom. The van der Waals surface area contributed by atoms with Gasteiger partial charge in [0.1, 0.15) is 5.54 Å². The Labute approximate surface area is 137 Å². The van der Waals surface area contributed by atoms with Crippen molar-refractivity contribution >= 4 is 11.9 Å². The van der Waals surface area contributed by atoms with E-state index < -0.39 is 11.5 Å². The van der Waals surface area contributed by atoms with Gasteiger partial charge in [0, 0.05) is 7.11 Å². The molecule has 0 radical (unpaired) electrons. The maximum atomic E-state index is 12.4. The van der Waals surface area contributed by atoms with Gasteiger partial charge in [-0.1, -0.05) is 23.8 Å². The molecule has 1 aromatic rings. The van der Waals surface area contributed by atoms with Crippen molar-refractivity contribution in [2.75, 3.05) is 7.11 Å². The van der Waals surface area contributed by atoms with Crippen LogP contribution in [-0.2, 0) is 20.7 Å². The van der Waals surface area contributed by atoms with Gasteiger partial charge in [0.25, 0.3) is 0 Å². The molecule has 0 aliphatic heterocycles. The Morgan fingerprint density at radius 1 is 1.30 bits per heavy atom. The summed E-state index contributed by atoms with van der Waals surface area (Å²) in [4.78, 5) is 24.1. The summed E-state index contributed by atoms with van der Waals surface area (Å²) in [6, 6.07) is 5.96. The predicted octanol–water partition coefficient (Wildman–Crippen LogP) is 2.37. The molecule has 5 heteroatoms. The third kappa shape index (κ3) is 4.10. The van der Waals surface area contributed by atoms with Gasteiger partial charge < -0.3 is 15.2 Å². The second-order valence-corrected chi connectivity index (χ2v) is 6.48. The van der Waals surface area contributed by atoms with Gasteiger partial charge in [-0.15, -0.1) is 0 Å². The van der Waals surface area contributed by atoms with Crippen molar-refractivity contribution in [1.82, 2.24) is 5.32 Å². The quantitative estimate of drug-likeness (QED) is 0.873. The number of benzene rings is 1. The normalized spacial score (nSPS) is 24.2. The molecule has 0 atom stereocenters. The van der Waals surface area contributed by atoms with Crippen LogP contribution in [0.3, 0.4) is 0 Å². The van der Waals surface area contributed by atoms with Crippen molar-refractivity contribution in [3.63, 3.8) is 0 Å². The van der Waals surface area contributed by atoms with E-state index in [2.05, 4.69) is 5.32 Å². The van der Waals surface area contributed by atoms with Gasteiger partial charge >= 0.3 is 5.97 Å². The number of ether oxygens (including phenoxy) is 1. The number of carboxylic acid groups (broad SMARTS) is 1. The maximum Gasteiger partial charge on any atom is 0.329 e. The Hall–Kier alpha value is -1.88. The van der Waals surface area contributed by atoms with Crippen molar-refractivity contribution in [1.29, 1.82) is 0 Å². The topological polar surface area (TPSA) is 75.6 Å². The summed E-state index contributed by atoms with van der Waals surface area (Å²) in [7, 11) is 1.64. The van der Waals surface area contributed by atoms with E-state index in [4.69, 9.17) is 4.74 Å². The fourth-order valence-electron chi connectivity index (χ4n) is 3.19. The fourth-order valence-corrected chi connectivity index (χ4v) is 3.19. The minimum atomic E-state index is -1.16. The van der Waals surface area contributed by atoms with Crippen LogP contribution in [0.5, 0.6) is 0 Å². The summed E-state index contributed by atoms with van der Waals surface area (Å²) in [6.07, 6.45) is 2.38. The minimum Gasteiger partial charge on any atom is -0.480 e. The molecule has 1 aliphatic rings. The van der Waals surface area contributed by atoms with E-state index in [0.717, 1.165) is 16.7 Å². The van der Waals surface area contributed by atoms with Crippen molar-refractivity contribution < 1.29 is 19.4 Å². The van der Waals surface area contributed by atoms with Gasteiger partial charge in [0.15, 0.2) is 0 Å². The van der Waals surface area contributed by atoms with Gasteiger partial charge in [-0.3, -0.25) is 4.79 Å². The highest BCUT2D eigenvalue weighted by Gasteiger charge is 2.43. The average molecular weight is 319 g/mol. The molecule has 0 unspecified atom stereocenters. The lowest BCUT2D eigenvalue weighted by Gasteiger charge is -2.37. The first-order valence-corrected chi connectivity index (χ1v) is 7.99. The Morgan fingerprint density at radius 2 is 1.96 bits per heavy atom. The molecule has 0 spiro atoms. The van der Waals surface area contributed by atoms with Crippen LogP contribution in [0.1, 0.15) is 42.4 Å². The number of carboxylic acids is 1. The number of nitrogens with one attached hydrogen (secondary N) is 1. The van der Waals surface area contributed by atoms with Gasteiger partial charge in [-0.2, -0.15) is 0 Å². The van der Waals surface area contributed by atoms with Crippen LogP contribution in [0.2, 0.25) is 0 Å². The molecule has 1 saturated carbocycles. The lowest BCUT2D eigenvalue weighted by atomic mass is 9.80. The van der Waals surface area contributed by atoms with E-state index >= 15 is 0 Å². The zero-order valence-electron chi connectivity index (χ0n) is 14.0. The monoisotopic (exact) mass is 319 g/mol.